The fraction of sp³-hybridized carbons (Fsp3) is 0.513. The average molecular weight is 684 g/mol. The molecule has 2 fully saturated rings. The summed E-state index contributed by atoms with van der Waals surface area (Å²) in [6.45, 7) is 11.2. The standard InChI is InChI=1S/C39H48F3NO6/c1-6-32-34(27(4)28(5)36(46-32)49-38(39(40,41)42)43-31-20-14-9-15-21-31)48-37-35(45-23-30-18-12-8-13-19-30)26(3)25(2)33(47-37)24-44-22-29-16-10-7-11-17-29/h7-21,25-28,32-37H,6,22-24H2,1-5H3/t25-,26+,27-,28?,32?,33?,34+,35?,36?,37+/m1/s1. The molecule has 2 saturated heterocycles. The summed E-state index contributed by atoms with van der Waals surface area (Å²) in [6.07, 6.45) is -8.01. The van der Waals surface area contributed by atoms with Crippen LogP contribution in [0.2, 0.25) is 0 Å². The Bertz CT molecular complexity index is 1440. The molecule has 266 valence electrons. The number of hydrogen-bond donors (Lipinski definition) is 0. The average Bonchev–Trinajstić information content (AvgIpc) is 3.10. The minimum atomic E-state index is -4.80. The number of ether oxygens (including phenoxy) is 6. The van der Waals surface area contributed by atoms with E-state index < -0.39 is 48.9 Å². The molecule has 0 N–H and O–H groups in total. The van der Waals surface area contributed by atoms with Crippen LogP contribution < -0.4 is 0 Å². The molecule has 0 bridgehead atoms. The van der Waals surface area contributed by atoms with E-state index in [9.17, 15) is 13.2 Å². The summed E-state index contributed by atoms with van der Waals surface area (Å²) in [6, 6.07) is 27.8. The first kappa shape index (κ1) is 37.0. The molecule has 49 heavy (non-hydrogen) atoms. The van der Waals surface area contributed by atoms with Crippen molar-refractivity contribution in [2.24, 2.45) is 28.7 Å². The first-order valence-electron chi connectivity index (χ1n) is 17.2. The van der Waals surface area contributed by atoms with Crippen LogP contribution in [-0.4, -0.2) is 55.7 Å². The molecular weight excluding hydrogens is 635 g/mol. The van der Waals surface area contributed by atoms with Gasteiger partial charge >= 0.3 is 6.18 Å². The number of alkyl halides is 3. The quantitative estimate of drug-likeness (QED) is 0.140. The summed E-state index contributed by atoms with van der Waals surface area (Å²) in [4.78, 5) is 3.78. The zero-order valence-electron chi connectivity index (χ0n) is 28.8. The molecule has 2 aliphatic heterocycles. The first-order valence-corrected chi connectivity index (χ1v) is 17.2. The maximum absolute atomic E-state index is 14.1. The molecule has 3 aromatic carbocycles. The molecule has 0 amide bonds. The van der Waals surface area contributed by atoms with Crippen LogP contribution in [0.1, 0.15) is 52.2 Å². The highest BCUT2D eigenvalue weighted by atomic mass is 19.4. The van der Waals surface area contributed by atoms with Gasteiger partial charge in [-0.05, 0) is 47.4 Å². The largest absolute Gasteiger partial charge is 0.468 e. The third kappa shape index (κ3) is 9.70. The molecule has 10 heteroatoms. The van der Waals surface area contributed by atoms with Crippen LogP contribution in [0.4, 0.5) is 18.9 Å². The van der Waals surface area contributed by atoms with E-state index in [-0.39, 0.29) is 29.5 Å². The van der Waals surface area contributed by atoms with Gasteiger partial charge in [0.05, 0.1) is 43.8 Å². The Hall–Kier alpha value is -3.28. The molecule has 3 aromatic rings. The van der Waals surface area contributed by atoms with Crippen LogP contribution in [0.15, 0.2) is 96.0 Å². The smallest absolute Gasteiger partial charge is 0.444 e. The van der Waals surface area contributed by atoms with Crippen molar-refractivity contribution in [2.45, 2.75) is 97.4 Å². The highest BCUT2D eigenvalue weighted by molar-refractivity contribution is 5.84. The maximum Gasteiger partial charge on any atom is 0.468 e. The Balaban J connectivity index is 1.33. The van der Waals surface area contributed by atoms with Gasteiger partial charge in [-0.25, -0.2) is 4.99 Å². The highest BCUT2D eigenvalue weighted by Crippen LogP contribution is 2.40. The zero-order valence-corrected chi connectivity index (χ0v) is 28.8. The lowest BCUT2D eigenvalue weighted by Gasteiger charge is -2.49. The molecule has 0 radical (unpaired) electrons. The van der Waals surface area contributed by atoms with E-state index in [4.69, 9.17) is 28.4 Å². The van der Waals surface area contributed by atoms with Gasteiger partial charge in [0, 0.05) is 5.92 Å². The summed E-state index contributed by atoms with van der Waals surface area (Å²) in [5.41, 5.74) is 2.24. The Morgan fingerprint density at radius 2 is 1.22 bits per heavy atom. The topological polar surface area (TPSA) is 67.7 Å². The van der Waals surface area contributed by atoms with Crippen molar-refractivity contribution >= 4 is 11.6 Å². The number of nitrogens with zero attached hydrogens (tertiary/aromatic N) is 1. The summed E-state index contributed by atoms with van der Waals surface area (Å²) < 4.78 is 80.2. The van der Waals surface area contributed by atoms with Crippen molar-refractivity contribution in [3.63, 3.8) is 0 Å². The Labute approximate surface area is 287 Å². The van der Waals surface area contributed by atoms with E-state index in [1.54, 1.807) is 18.2 Å². The molecular formula is C39H48F3NO6. The molecule has 0 aliphatic carbocycles. The number of aliphatic imine (C=N–C) groups is 1. The molecule has 2 aliphatic rings. The van der Waals surface area contributed by atoms with Gasteiger partial charge in [0.15, 0.2) is 6.29 Å². The second kappa shape index (κ2) is 17.1. The summed E-state index contributed by atoms with van der Waals surface area (Å²) >= 11 is 0. The van der Waals surface area contributed by atoms with E-state index in [0.29, 0.717) is 26.2 Å². The van der Waals surface area contributed by atoms with Gasteiger partial charge in [-0.15, -0.1) is 0 Å². The first-order chi connectivity index (χ1) is 23.5. The monoisotopic (exact) mass is 683 g/mol. The molecule has 0 spiro atoms. The number of para-hydroxylation sites is 1. The SMILES string of the molecule is CCC1OC(OC(=Nc2ccccc2)C(F)(F)F)C(C)[C@@H](C)[C@@H]1O[C@@H]1OC(COCc2ccccc2)[C@H](C)[C@H](C)C1OCc1ccccc1. The third-order valence-corrected chi connectivity index (χ3v) is 9.79. The van der Waals surface area contributed by atoms with Gasteiger partial charge < -0.3 is 28.4 Å². The lowest BCUT2D eigenvalue weighted by atomic mass is 9.82. The second-order valence-corrected chi connectivity index (χ2v) is 13.2. The van der Waals surface area contributed by atoms with Crippen molar-refractivity contribution < 1.29 is 41.6 Å². The van der Waals surface area contributed by atoms with Gasteiger partial charge in [0.2, 0.25) is 6.29 Å². The zero-order chi connectivity index (χ0) is 35.0. The van der Waals surface area contributed by atoms with Gasteiger partial charge in [-0.1, -0.05) is 113 Å². The lowest BCUT2D eigenvalue weighted by Crippen LogP contribution is -2.58. The Kier molecular flexibility index (Phi) is 12.9. The van der Waals surface area contributed by atoms with E-state index >= 15 is 0 Å². The molecule has 7 nitrogen and oxygen atoms in total. The van der Waals surface area contributed by atoms with Gasteiger partial charge in [-0.3, -0.25) is 0 Å². The number of halogens is 3. The van der Waals surface area contributed by atoms with Crippen molar-refractivity contribution in [3.8, 4) is 0 Å². The summed E-state index contributed by atoms with van der Waals surface area (Å²) in [5.74, 6) is -1.92. The van der Waals surface area contributed by atoms with Crippen LogP contribution in [-0.2, 0) is 41.6 Å². The highest BCUT2D eigenvalue weighted by Gasteiger charge is 2.50. The van der Waals surface area contributed by atoms with Crippen molar-refractivity contribution in [3.05, 3.63) is 102 Å². The third-order valence-electron chi connectivity index (χ3n) is 9.79. The minimum Gasteiger partial charge on any atom is -0.444 e. The fourth-order valence-electron chi connectivity index (χ4n) is 6.40. The Morgan fingerprint density at radius 1 is 0.673 bits per heavy atom. The van der Waals surface area contributed by atoms with Crippen molar-refractivity contribution in [2.75, 3.05) is 6.61 Å². The predicted molar refractivity (Wildman–Crippen MR) is 181 cm³/mol. The van der Waals surface area contributed by atoms with Crippen molar-refractivity contribution in [1.29, 1.82) is 0 Å². The van der Waals surface area contributed by atoms with Crippen molar-refractivity contribution in [1.82, 2.24) is 0 Å². The van der Waals surface area contributed by atoms with Gasteiger partial charge in [-0.2, -0.15) is 13.2 Å². The summed E-state index contributed by atoms with van der Waals surface area (Å²) in [7, 11) is 0. The number of benzene rings is 3. The van der Waals surface area contributed by atoms with Crippen LogP contribution in [0, 0.1) is 23.7 Å². The maximum atomic E-state index is 14.1. The lowest BCUT2D eigenvalue weighted by molar-refractivity contribution is -0.336. The van der Waals surface area contributed by atoms with E-state index in [1.807, 2.05) is 81.4 Å². The molecule has 10 atom stereocenters. The van der Waals surface area contributed by atoms with Crippen LogP contribution in [0.3, 0.4) is 0 Å². The second-order valence-electron chi connectivity index (χ2n) is 13.2. The van der Waals surface area contributed by atoms with Gasteiger partial charge in [0.1, 0.15) is 6.10 Å². The van der Waals surface area contributed by atoms with Crippen LogP contribution in [0.25, 0.3) is 0 Å². The number of hydrogen-bond acceptors (Lipinski definition) is 7. The molecule has 0 saturated carbocycles. The number of rotatable bonds is 12. The normalized spacial score (nSPS) is 31.0. The van der Waals surface area contributed by atoms with Gasteiger partial charge in [0.25, 0.3) is 5.90 Å². The fourth-order valence-corrected chi connectivity index (χ4v) is 6.40. The minimum absolute atomic E-state index is 0.0460. The van der Waals surface area contributed by atoms with Crippen LogP contribution in [0.5, 0.6) is 0 Å². The van der Waals surface area contributed by atoms with Crippen LogP contribution >= 0.6 is 0 Å². The molecule has 0 aromatic heterocycles. The molecule has 2 heterocycles. The van der Waals surface area contributed by atoms with E-state index in [2.05, 4.69) is 18.8 Å². The molecule has 5 rings (SSSR count). The van der Waals surface area contributed by atoms with E-state index in [1.165, 1.54) is 12.1 Å². The van der Waals surface area contributed by atoms with E-state index in [0.717, 1.165) is 11.1 Å². The Morgan fingerprint density at radius 3 is 1.82 bits per heavy atom. The predicted octanol–water partition coefficient (Wildman–Crippen LogP) is 8.89. The summed E-state index contributed by atoms with van der Waals surface area (Å²) in [5, 5.41) is 0. The molecule has 5 unspecified atom stereocenters.